The molecule has 0 saturated carbocycles. The van der Waals surface area contributed by atoms with Gasteiger partial charge in [-0.3, -0.25) is 28.8 Å². The van der Waals surface area contributed by atoms with Crippen molar-refractivity contribution >= 4 is 132 Å². The van der Waals surface area contributed by atoms with E-state index in [1.54, 1.807) is 86.3 Å². The van der Waals surface area contributed by atoms with Crippen molar-refractivity contribution in [3.63, 3.8) is 0 Å². The Morgan fingerprint density at radius 3 is 0.971 bits per heavy atom. The van der Waals surface area contributed by atoms with Crippen LogP contribution in [0.1, 0.15) is 171 Å². The van der Waals surface area contributed by atoms with E-state index in [1.807, 2.05) is 229 Å². The van der Waals surface area contributed by atoms with E-state index in [9.17, 15) is 48.3 Å². The number of likely N-dealkylation sites (tertiary alicyclic amines) is 2. The molecule has 3 aliphatic heterocycles. The minimum atomic E-state index is -3.21. The summed E-state index contributed by atoms with van der Waals surface area (Å²) in [6, 6.07) is 77.7. The van der Waals surface area contributed by atoms with Gasteiger partial charge in [0.05, 0.1) is 54.2 Å². The number of aliphatic hydroxyl groups excluding tert-OH is 1. The number of carbonyl (C=O) groups is 10. The van der Waals surface area contributed by atoms with Crippen molar-refractivity contribution in [2.45, 2.75) is 227 Å². The van der Waals surface area contributed by atoms with E-state index in [2.05, 4.69) is 96.8 Å². The van der Waals surface area contributed by atoms with Crippen molar-refractivity contribution in [2.24, 2.45) is 23.5 Å². The summed E-state index contributed by atoms with van der Waals surface area (Å²) in [5.74, 6) is -4.49. The predicted octanol–water partition coefficient (Wildman–Crippen LogP) is 17.0. The zero-order chi connectivity index (χ0) is 100. The third-order valence-electron chi connectivity index (χ3n) is 25.6. The van der Waals surface area contributed by atoms with Gasteiger partial charge in [-0.15, -0.1) is 0 Å². The largest absolute Gasteiger partial charge is 0.457 e. The molecule has 9 aromatic rings. The summed E-state index contributed by atoms with van der Waals surface area (Å²) in [5, 5.41) is 24.1. The van der Waals surface area contributed by atoms with Gasteiger partial charge in [-0.05, 0) is 147 Å². The van der Waals surface area contributed by atoms with E-state index in [0.717, 1.165) is 48.5 Å². The number of Topliss-reactive ketones (excluding diaryl/α,β-unsaturated/α-hetero) is 3. The highest BCUT2D eigenvalue weighted by Crippen LogP contribution is 2.53. The second-order valence-corrected chi connectivity index (χ2v) is 56.0. The van der Waals surface area contributed by atoms with Gasteiger partial charge in [-0.2, -0.15) is 0 Å². The second-order valence-electron chi connectivity index (χ2n) is 39.8. The van der Waals surface area contributed by atoms with E-state index in [-0.39, 0.29) is 107 Å². The van der Waals surface area contributed by atoms with Gasteiger partial charge in [-0.1, -0.05) is 322 Å². The van der Waals surface area contributed by atoms with E-state index in [4.69, 9.17) is 33.5 Å². The smallest absolute Gasteiger partial charge is 0.407 e. The van der Waals surface area contributed by atoms with Crippen LogP contribution in [-0.2, 0) is 71.4 Å². The third kappa shape index (κ3) is 25.8. The molecule has 5 amide bonds. The maximum absolute atomic E-state index is 15.2. The molecule has 23 nitrogen and oxygen atoms in total. The van der Waals surface area contributed by atoms with E-state index < -0.39 is 108 Å². The highest BCUT2D eigenvalue weighted by molar-refractivity contribution is 7.97. The quantitative estimate of drug-likeness (QED) is 0.00469. The maximum atomic E-state index is 15.2. The Labute approximate surface area is 810 Å². The molecule has 6 N–H and O–H groups in total. The van der Waals surface area contributed by atoms with Crippen LogP contribution in [0.4, 0.5) is 9.59 Å². The Hall–Kier alpha value is -11.8. The van der Waals surface area contributed by atoms with Crippen LogP contribution in [0.2, 0.25) is 36.3 Å². The number of hydrogen-bond acceptors (Lipinski definition) is 18. The van der Waals surface area contributed by atoms with Gasteiger partial charge >= 0.3 is 24.1 Å². The predicted molar refractivity (Wildman–Crippen MR) is 554 cm³/mol. The number of rotatable bonds is 35. The van der Waals surface area contributed by atoms with Gasteiger partial charge in [0.1, 0.15) is 35.3 Å². The number of esters is 2. The van der Waals surface area contributed by atoms with Gasteiger partial charge in [0.2, 0.25) is 17.7 Å². The summed E-state index contributed by atoms with van der Waals surface area (Å²) >= 11 is 0. The summed E-state index contributed by atoms with van der Waals surface area (Å²) in [5.41, 5.74) is 8.93. The third-order valence-corrected chi connectivity index (χ3v) is 43.3. The van der Waals surface area contributed by atoms with Gasteiger partial charge in [0.15, 0.2) is 34.0 Å². The molecule has 0 bridgehead atoms. The fourth-order valence-corrected chi connectivity index (χ4v) is 28.5. The van der Waals surface area contributed by atoms with Crippen LogP contribution < -0.4 is 53.5 Å². The number of aliphatic hydroxyl groups is 1. The second kappa shape index (κ2) is 46.1. The first-order chi connectivity index (χ1) is 64.6. The molecule has 0 aromatic heterocycles. The molecule has 3 heterocycles. The number of nitrogens with one attached hydrogen (secondary N) is 3. The Bertz CT molecular complexity index is 5660. The van der Waals surface area contributed by atoms with Crippen molar-refractivity contribution < 1.29 is 80.9 Å². The van der Waals surface area contributed by atoms with Crippen molar-refractivity contribution in [1.29, 1.82) is 0 Å². The number of alkyl carbamates (subject to hydrolysis) is 2. The Balaban J connectivity index is 0.000000221. The van der Waals surface area contributed by atoms with E-state index in [1.165, 1.54) is 24.0 Å². The number of ketones is 3. The van der Waals surface area contributed by atoms with Crippen molar-refractivity contribution in [3.05, 3.63) is 313 Å². The summed E-state index contributed by atoms with van der Waals surface area (Å²) in [6.45, 7) is 39.7. The van der Waals surface area contributed by atoms with Gasteiger partial charge < -0.3 is 64.4 Å². The van der Waals surface area contributed by atoms with Crippen LogP contribution in [0.3, 0.4) is 0 Å². The molecule has 0 radical (unpaired) electrons. The summed E-state index contributed by atoms with van der Waals surface area (Å²) in [4.78, 5) is 139. The monoisotopic (exact) mass is 1930 g/mol. The lowest BCUT2D eigenvalue weighted by molar-refractivity contribution is -0.157. The molecular weight excluding hydrogens is 1800 g/mol. The minimum absolute atomic E-state index is 0.0313. The average Bonchev–Trinajstić information content (AvgIpc) is 0.704. The van der Waals surface area contributed by atoms with Gasteiger partial charge in [0, 0.05) is 69.4 Å². The minimum Gasteiger partial charge on any atom is -0.457 e. The summed E-state index contributed by atoms with van der Waals surface area (Å²) in [7, 11) is -4.41. The first-order valence-corrected chi connectivity index (χ1v) is 56.0. The van der Waals surface area contributed by atoms with Crippen molar-refractivity contribution in [3.8, 4) is 0 Å². The lowest BCUT2D eigenvalue weighted by atomic mass is 9.79. The molecule has 3 saturated heterocycles. The average molecular weight is 1930 g/mol. The fourth-order valence-electron chi connectivity index (χ4n) is 16.8. The number of nitrogens with zero attached hydrogens (tertiary/aromatic N) is 2. The van der Waals surface area contributed by atoms with Crippen LogP contribution >= 0.6 is 13.8 Å². The molecule has 0 aliphatic carbocycles. The van der Waals surface area contributed by atoms with Crippen molar-refractivity contribution in [2.75, 3.05) is 13.2 Å². The highest BCUT2D eigenvalue weighted by atomic mass is 31.2. The molecular formula is C110H136N6O17P2Si2. The zero-order valence-corrected chi connectivity index (χ0v) is 86.3. The molecule has 9 aromatic carbocycles. The SMILES string of the molecule is C=CCOC(=O)C(N1C(=O)[C@H]([C@@H](C)O)[C@H]1CC(=O)c1ccc(CN)cc1)=P(c1ccccc1)(c1ccccc1)c1ccccc1.C=CCOC(=O)C(N1C(=O)[C@H]([C@@H](C)O[Si](C)(C)C(C)(C)C)[C@H]1CC(=O)c1ccc(CNC(=O)OC(C)(C)C)cc1)=P(c1ccccc1)(c1ccccc1)c1ccccc1.C[C@@H](O[Si](C)(C)C(C)(C)C)[C@H]1C(=O)N[C@@H]1CC(=O)c1ccc(CNC(=O)OC(C)(C)C)cc1. The normalized spacial score (nSPS) is 17.3. The lowest BCUT2D eigenvalue weighted by Gasteiger charge is -2.53. The summed E-state index contributed by atoms with van der Waals surface area (Å²) in [6.07, 6.45) is 0.189. The Kier molecular flexibility index (Phi) is 36.1. The van der Waals surface area contributed by atoms with Gasteiger partial charge in [0.25, 0.3) is 0 Å². The first kappa shape index (κ1) is 107. The van der Waals surface area contributed by atoms with Crippen LogP contribution in [-0.4, -0.2) is 162 Å². The lowest BCUT2D eigenvalue weighted by Crippen LogP contribution is -2.69. The molecule has 12 rings (SSSR count). The number of hydrogen-bond donors (Lipinski definition) is 5. The number of amides is 5. The molecule has 27 heteroatoms. The molecule has 9 atom stereocenters. The number of β-lactam (4-membered cyclic amide) rings is 3. The molecule has 0 spiro atoms. The topological polar surface area (TPSA) is 315 Å². The number of nitrogens with two attached hydrogens (primary N) is 1. The number of benzene rings is 9. The van der Waals surface area contributed by atoms with E-state index in [0.29, 0.717) is 29.8 Å². The van der Waals surface area contributed by atoms with Gasteiger partial charge in [-0.25, -0.2) is 19.2 Å². The molecule has 3 aliphatic rings. The number of carbonyl (C=O) groups excluding carboxylic acids is 10. The van der Waals surface area contributed by atoms with Crippen LogP contribution in [0.15, 0.2) is 280 Å². The molecule has 137 heavy (non-hydrogen) atoms. The standard InChI is InChI=1S/C48H59N2O7PSi.C37H37N2O5P.C25H40N2O5Si/c1-11-31-55-45(53)44(58(37-21-15-12-16-22-37,38-23-17-13-18-24-38)39-25-19-14-20-26-39)50-40(42(43(50)52)34(2)57-59(9,10)48(6,7)8)32-41(51)36-29-27-35(28-30-36)33-49-46(54)56-47(3,4)5;1-3-23-44-37(43)36(39-32(34(26(2)40)35(39)42)24-33(41)28-21-19-27(25-38)20-22-28)45(29-13-7-4-8-14-29,30-15-9-5-10-16-30)31-17-11-6-12-18-31;1-16(32-33(8,9)25(5,6)7)21-19(27-22(21)29)14-20(28)18-12-10-17(11-13-18)15-26-23(30)31-24(2,3)4/h11-30,34,40,42H,1,31-33H2,2-10H3,(H,49,54);3-22,26,32,34,40H,1,23-25,38H2,2H3;10-13,16,19,21H,14-15H2,1-9H3,(H,26,30)(H,27,29)/t34-,40-,42-;26-,32-,34-;16-,19-,21-/m111/s1. The van der Waals surface area contributed by atoms with Crippen molar-refractivity contribution in [1.82, 2.24) is 25.8 Å². The Morgan fingerprint density at radius 2 is 0.701 bits per heavy atom. The fraction of sp³-hybridized carbons (Fsp3) is 0.364. The molecule has 726 valence electrons. The number of ether oxygens (including phenoxy) is 4. The zero-order valence-electron chi connectivity index (χ0n) is 82.5. The van der Waals surface area contributed by atoms with Crippen LogP contribution in [0, 0.1) is 17.8 Å². The summed E-state index contributed by atoms with van der Waals surface area (Å²) < 4.78 is 35.6. The molecule has 0 unspecified atom stereocenters. The van der Waals surface area contributed by atoms with Crippen LogP contribution in [0.5, 0.6) is 0 Å². The Morgan fingerprint density at radius 1 is 0.423 bits per heavy atom. The molecule has 3 fully saturated rings. The maximum Gasteiger partial charge on any atom is 0.407 e. The van der Waals surface area contributed by atoms with Crippen LogP contribution in [0.25, 0.3) is 0 Å². The highest BCUT2D eigenvalue weighted by Gasteiger charge is 2.59. The first-order valence-electron chi connectivity index (χ1n) is 46.6. The van der Waals surface area contributed by atoms with E-state index >= 15 is 4.79 Å².